The van der Waals surface area contributed by atoms with Crippen LogP contribution in [0.3, 0.4) is 0 Å². The highest BCUT2D eigenvalue weighted by Gasteiger charge is 2.24. The minimum Gasteiger partial charge on any atom is -0.496 e. The van der Waals surface area contributed by atoms with Gasteiger partial charge in [-0.2, -0.15) is 0 Å². The van der Waals surface area contributed by atoms with Gasteiger partial charge in [-0.15, -0.1) is 0 Å². The summed E-state index contributed by atoms with van der Waals surface area (Å²) in [5.41, 5.74) is 1.02. The number of nitrogens with one attached hydrogen (secondary N) is 1. The SMILES string of the molecule is CCCC(CCC)C(NC)c1cc(Br)c(F)cc1OC. The van der Waals surface area contributed by atoms with Crippen LogP contribution in [0.4, 0.5) is 4.39 Å². The third-order valence-electron chi connectivity index (χ3n) is 3.71. The van der Waals surface area contributed by atoms with Gasteiger partial charge in [-0.25, -0.2) is 4.39 Å². The highest BCUT2D eigenvalue weighted by atomic mass is 79.9. The van der Waals surface area contributed by atoms with Crippen molar-refractivity contribution in [2.45, 2.75) is 45.6 Å². The van der Waals surface area contributed by atoms with Crippen molar-refractivity contribution in [1.82, 2.24) is 5.32 Å². The van der Waals surface area contributed by atoms with Crippen molar-refractivity contribution in [2.24, 2.45) is 5.92 Å². The summed E-state index contributed by atoms with van der Waals surface area (Å²) in [5, 5.41) is 3.39. The van der Waals surface area contributed by atoms with Crippen LogP contribution in [0.25, 0.3) is 0 Å². The Balaban J connectivity index is 3.18. The molecule has 20 heavy (non-hydrogen) atoms. The molecule has 0 bridgehead atoms. The molecule has 0 saturated carbocycles. The summed E-state index contributed by atoms with van der Waals surface area (Å²) in [6, 6.07) is 3.48. The first-order chi connectivity index (χ1) is 9.58. The highest BCUT2D eigenvalue weighted by Crippen LogP contribution is 2.37. The van der Waals surface area contributed by atoms with E-state index < -0.39 is 0 Å². The smallest absolute Gasteiger partial charge is 0.141 e. The number of halogens is 2. The number of benzene rings is 1. The first-order valence-electron chi connectivity index (χ1n) is 7.29. The zero-order valence-corrected chi connectivity index (χ0v) is 14.4. The maximum absolute atomic E-state index is 13.7. The van der Waals surface area contributed by atoms with Crippen molar-refractivity contribution in [3.63, 3.8) is 0 Å². The molecule has 1 aromatic rings. The molecule has 1 rings (SSSR count). The Labute approximate surface area is 130 Å². The molecule has 1 atom stereocenters. The van der Waals surface area contributed by atoms with E-state index in [1.807, 2.05) is 13.1 Å². The molecule has 0 fully saturated rings. The van der Waals surface area contributed by atoms with E-state index in [4.69, 9.17) is 4.74 Å². The zero-order valence-electron chi connectivity index (χ0n) is 12.8. The monoisotopic (exact) mass is 345 g/mol. The van der Waals surface area contributed by atoms with E-state index in [0.29, 0.717) is 16.1 Å². The maximum atomic E-state index is 13.7. The first-order valence-corrected chi connectivity index (χ1v) is 8.08. The van der Waals surface area contributed by atoms with Crippen LogP contribution in [-0.4, -0.2) is 14.2 Å². The van der Waals surface area contributed by atoms with Crippen LogP contribution in [0.15, 0.2) is 16.6 Å². The molecular weight excluding hydrogens is 321 g/mol. The molecule has 0 saturated heterocycles. The molecule has 0 radical (unpaired) electrons. The van der Waals surface area contributed by atoms with Gasteiger partial charge in [-0.3, -0.25) is 0 Å². The second-order valence-electron chi connectivity index (χ2n) is 5.11. The van der Waals surface area contributed by atoms with Crippen LogP contribution in [0.1, 0.15) is 51.1 Å². The minimum absolute atomic E-state index is 0.182. The largest absolute Gasteiger partial charge is 0.496 e. The average Bonchev–Trinajstić information content (AvgIpc) is 2.43. The van der Waals surface area contributed by atoms with Crippen LogP contribution >= 0.6 is 15.9 Å². The minimum atomic E-state index is -0.289. The number of ether oxygens (including phenoxy) is 1. The molecular formula is C16H25BrFNO. The lowest BCUT2D eigenvalue weighted by atomic mass is 9.86. The number of methoxy groups -OCH3 is 1. The lowest BCUT2D eigenvalue weighted by molar-refractivity contribution is 0.317. The third-order valence-corrected chi connectivity index (χ3v) is 4.32. The summed E-state index contributed by atoms with van der Waals surface area (Å²) in [5.74, 6) is 0.853. The van der Waals surface area contributed by atoms with Crippen LogP contribution in [0, 0.1) is 11.7 Å². The van der Waals surface area contributed by atoms with Gasteiger partial charge in [-0.1, -0.05) is 26.7 Å². The Hall–Kier alpha value is -0.610. The van der Waals surface area contributed by atoms with Crippen molar-refractivity contribution in [3.8, 4) is 5.75 Å². The lowest BCUT2D eigenvalue weighted by Crippen LogP contribution is -2.26. The van der Waals surface area contributed by atoms with Crippen LogP contribution < -0.4 is 10.1 Å². The Morgan fingerprint density at radius 2 is 1.85 bits per heavy atom. The standard InChI is InChI=1S/C16H25BrFNO/c1-5-7-11(8-6-2)16(19-3)12-9-13(17)14(18)10-15(12)20-4/h9-11,16,19H,5-8H2,1-4H3. The first kappa shape index (κ1) is 17.4. The molecule has 1 N–H and O–H groups in total. The zero-order chi connectivity index (χ0) is 15.1. The molecule has 0 amide bonds. The summed E-state index contributed by atoms with van der Waals surface area (Å²) >= 11 is 3.28. The summed E-state index contributed by atoms with van der Waals surface area (Å²) in [7, 11) is 3.55. The van der Waals surface area contributed by atoms with Gasteiger partial charge in [0.05, 0.1) is 11.6 Å². The summed E-state index contributed by atoms with van der Waals surface area (Å²) in [4.78, 5) is 0. The van der Waals surface area contributed by atoms with E-state index >= 15 is 0 Å². The quantitative estimate of drug-likeness (QED) is 0.709. The molecule has 0 spiro atoms. The molecule has 1 unspecified atom stereocenters. The van der Waals surface area contributed by atoms with Gasteiger partial charge >= 0.3 is 0 Å². The molecule has 1 aromatic carbocycles. The van der Waals surface area contributed by atoms with Crippen molar-refractivity contribution in [1.29, 1.82) is 0 Å². The number of hydrogen-bond acceptors (Lipinski definition) is 2. The topological polar surface area (TPSA) is 21.3 Å². The van der Waals surface area contributed by atoms with Crippen LogP contribution in [-0.2, 0) is 0 Å². The summed E-state index contributed by atoms with van der Waals surface area (Å²) in [6.45, 7) is 4.40. The van der Waals surface area contributed by atoms with Crippen molar-refractivity contribution < 1.29 is 9.13 Å². The molecule has 0 heterocycles. The maximum Gasteiger partial charge on any atom is 0.141 e. The normalized spacial score (nSPS) is 12.8. The van der Waals surface area contributed by atoms with Crippen molar-refractivity contribution in [2.75, 3.05) is 14.2 Å². The molecule has 114 valence electrons. The number of rotatable bonds is 8. The fraction of sp³-hybridized carbons (Fsp3) is 0.625. The van der Waals surface area contributed by atoms with Gasteiger partial charge < -0.3 is 10.1 Å². The predicted molar refractivity (Wildman–Crippen MR) is 85.8 cm³/mol. The van der Waals surface area contributed by atoms with Crippen molar-refractivity contribution >= 4 is 15.9 Å². The summed E-state index contributed by atoms with van der Waals surface area (Å²) < 4.78 is 19.5. The molecule has 4 heteroatoms. The second kappa shape index (κ2) is 8.63. The number of hydrogen-bond donors (Lipinski definition) is 1. The Bertz CT molecular complexity index is 419. The molecule has 0 aliphatic rings. The summed E-state index contributed by atoms with van der Waals surface area (Å²) in [6.07, 6.45) is 4.59. The van der Waals surface area contributed by atoms with Crippen LogP contribution in [0.2, 0.25) is 0 Å². The highest BCUT2D eigenvalue weighted by molar-refractivity contribution is 9.10. The van der Waals surface area contributed by atoms with Gasteiger partial charge in [0.15, 0.2) is 0 Å². The fourth-order valence-electron chi connectivity index (χ4n) is 2.83. The fourth-order valence-corrected chi connectivity index (χ4v) is 3.19. The third kappa shape index (κ3) is 4.19. The molecule has 0 aliphatic heterocycles. The molecule has 0 aliphatic carbocycles. The van der Waals surface area contributed by atoms with E-state index in [2.05, 4.69) is 35.1 Å². The lowest BCUT2D eigenvalue weighted by Gasteiger charge is -2.28. The van der Waals surface area contributed by atoms with Crippen LogP contribution in [0.5, 0.6) is 5.75 Å². The van der Waals surface area contributed by atoms with E-state index in [1.54, 1.807) is 7.11 Å². The van der Waals surface area contributed by atoms with E-state index in [9.17, 15) is 4.39 Å². The van der Waals surface area contributed by atoms with E-state index in [-0.39, 0.29) is 11.9 Å². The second-order valence-corrected chi connectivity index (χ2v) is 5.97. The van der Waals surface area contributed by atoms with Gasteiger partial charge in [0, 0.05) is 17.7 Å². The molecule has 0 aromatic heterocycles. The van der Waals surface area contributed by atoms with E-state index in [1.165, 1.54) is 6.07 Å². The average molecular weight is 346 g/mol. The molecule has 2 nitrogen and oxygen atoms in total. The van der Waals surface area contributed by atoms with Crippen molar-refractivity contribution in [3.05, 3.63) is 28.0 Å². The predicted octanol–water partition coefficient (Wildman–Crippen LogP) is 5.07. The Morgan fingerprint density at radius 1 is 1.25 bits per heavy atom. The van der Waals surface area contributed by atoms with Gasteiger partial charge in [-0.05, 0) is 47.8 Å². The van der Waals surface area contributed by atoms with Gasteiger partial charge in [0.2, 0.25) is 0 Å². The van der Waals surface area contributed by atoms with E-state index in [0.717, 1.165) is 31.2 Å². The Morgan fingerprint density at radius 3 is 2.30 bits per heavy atom. The Kier molecular flexibility index (Phi) is 7.52. The van der Waals surface area contributed by atoms with Gasteiger partial charge in [0.25, 0.3) is 0 Å². The van der Waals surface area contributed by atoms with Gasteiger partial charge in [0.1, 0.15) is 11.6 Å².